The van der Waals surface area contributed by atoms with E-state index < -0.39 is 6.09 Å². The Hall–Kier alpha value is -1.36. The lowest BCUT2D eigenvalue weighted by Gasteiger charge is -2.19. The first kappa shape index (κ1) is 28.7. The van der Waals surface area contributed by atoms with Crippen molar-refractivity contribution in [3.63, 3.8) is 0 Å². The van der Waals surface area contributed by atoms with Gasteiger partial charge in [0.2, 0.25) is 0 Å². The summed E-state index contributed by atoms with van der Waals surface area (Å²) in [5.41, 5.74) is 0. The number of phenolic OH excluding ortho intramolecular Hbond substituents is 1. The summed E-state index contributed by atoms with van der Waals surface area (Å²) in [5.74, 6) is 1.37. The molecule has 0 aliphatic carbocycles. The lowest BCUT2D eigenvalue weighted by atomic mass is 10.1. The molecule has 0 heterocycles. The molecule has 0 bridgehead atoms. The third-order valence-corrected chi connectivity index (χ3v) is 7.08. The van der Waals surface area contributed by atoms with Crippen LogP contribution in [-0.2, 0) is 0 Å². The molecule has 0 unspecified atom stereocenters. The highest BCUT2D eigenvalue weighted by Gasteiger charge is 2.10. The molecule has 1 aromatic carbocycles. The number of carboxylic acid groups (broad SMARTS) is 1. The number of phenols is 1. The molecule has 0 saturated heterocycles. The zero-order valence-corrected chi connectivity index (χ0v) is 21.2. The smallest absolute Gasteiger partial charge is 0.407 e. The van der Waals surface area contributed by atoms with Crippen LogP contribution in [0, 0.1) is 0 Å². The summed E-state index contributed by atoms with van der Waals surface area (Å²) in [6.45, 7) is 3.61. The van der Waals surface area contributed by atoms with Gasteiger partial charge in [-0.1, -0.05) is 90.4 Å². The second-order valence-corrected chi connectivity index (χ2v) is 10.1. The Kier molecular flexibility index (Phi) is 18.2. The summed E-state index contributed by atoms with van der Waals surface area (Å²) in [4.78, 5) is 14.3. The highest BCUT2D eigenvalue weighted by atomic mass is 32.2. The molecule has 0 saturated carbocycles. The molecule has 0 atom stereocenters. The first-order valence-corrected chi connectivity index (χ1v) is 14.0. The molecule has 1 aromatic rings. The molecular weight excluding hydrogens is 418 g/mol. The zero-order valence-electron chi connectivity index (χ0n) is 20.4. The number of amides is 1. The molecular formula is C27H47NO3S. The number of hydrogen-bond donors (Lipinski definition) is 2. The van der Waals surface area contributed by atoms with Crippen LogP contribution in [0.5, 0.6) is 5.75 Å². The Morgan fingerprint density at radius 3 is 1.62 bits per heavy atom. The fourth-order valence-electron chi connectivity index (χ4n) is 3.94. The van der Waals surface area contributed by atoms with Gasteiger partial charge in [-0.05, 0) is 49.3 Å². The second kappa shape index (κ2) is 20.3. The lowest BCUT2D eigenvalue weighted by molar-refractivity contribution is 0.143. The molecule has 0 fully saturated rings. The molecule has 5 heteroatoms. The van der Waals surface area contributed by atoms with E-state index in [4.69, 9.17) is 0 Å². The van der Waals surface area contributed by atoms with Crippen LogP contribution in [0.3, 0.4) is 0 Å². The van der Waals surface area contributed by atoms with Gasteiger partial charge in [0.25, 0.3) is 0 Å². The summed E-state index contributed by atoms with van der Waals surface area (Å²) in [7, 11) is 0. The van der Waals surface area contributed by atoms with Gasteiger partial charge in [-0.25, -0.2) is 4.79 Å². The van der Waals surface area contributed by atoms with E-state index in [9.17, 15) is 15.0 Å². The van der Waals surface area contributed by atoms with Crippen LogP contribution in [0.2, 0.25) is 0 Å². The first-order valence-electron chi connectivity index (χ1n) is 13.0. The van der Waals surface area contributed by atoms with Crippen molar-refractivity contribution < 1.29 is 15.0 Å². The quantitative estimate of drug-likeness (QED) is 0.141. The van der Waals surface area contributed by atoms with Gasteiger partial charge in [-0.3, -0.25) is 0 Å². The third-order valence-electron chi connectivity index (χ3n) is 5.98. The number of unbranched alkanes of at least 4 members (excludes halogenated alkanes) is 14. The van der Waals surface area contributed by atoms with Gasteiger partial charge < -0.3 is 15.1 Å². The maximum Gasteiger partial charge on any atom is 0.407 e. The number of carbonyl (C=O) groups is 1. The summed E-state index contributed by atoms with van der Waals surface area (Å²) in [5, 5.41) is 18.7. The largest absolute Gasteiger partial charge is 0.508 e. The van der Waals surface area contributed by atoms with Gasteiger partial charge in [0.05, 0.1) is 0 Å². The van der Waals surface area contributed by atoms with Gasteiger partial charge in [0.1, 0.15) is 5.75 Å². The number of hydrogen-bond acceptors (Lipinski definition) is 3. The van der Waals surface area contributed by atoms with Gasteiger partial charge >= 0.3 is 6.09 Å². The molecule has 184 valence electrons. The van der Waals surface area contributed by atoms with E-state index in [0.717, 1.165) is 44.3 Å². The fourth-order valence-corrected chi connectivity index (χ4v) is 4.85. The van der Waals surface area contributed by atoms with Crippen molar-refractivity contribution in [2.45, 2.75) is 115 Å². The molecule has 1 rings (SSSR count). The van der Waals surface area contributed by atoms with Crippen LogP contribution in [0.25, 0.3) is 0 Å². The van der Waals surface area contributed by atoms with E-state index in [1.165, 1.54) is 69.1 Å². The van der Waals surface area contributed by atoms with Gasteiger partial charge in [0.15, 0.2) is 0 Å². The minimum atomic E-state index is -0.768. The van der Waals surface area contributed by atoms with Crippen molar-refractivity contribution in [1.82, 2.24) is 4.90 Å². The molecule has 0 aliphatic heterocycles. The SMILES string of the molecule is CCCCCCCCCCCCCCN(CCCCCCSc1ccc(O)cc1)C(=O)O. The summed E-state index contributed by atoms with van der Waals surface area (Å²) in [6, 6.07) is 7.33. The van der Waals surface area contributed by atoms with E-state index in [-0.39, 0.29) is 0 Å². The van der Waals surface area contributed by atoms with Crippen molar-refractivity contribution in [1.29, 1.82) is 0 Å². The van der Waals surface area contributed by atoms with E-state index in [0.29, 0.717) is 18.8 Å². The van der Waals surface area contributed by atoms with Crippen molar-refractivity contribution >= 4 is 17.9 Å². The van der Waals surface area contributed by atoms with Crippen LogP contribution < -0.4 is 0 Å². The average Bonchev–Trinajstić information content (AvgIpc) is 2.78. The topological polar surface area (TPSA) is 60.8 Å². The van der Waals surface area contributed by atoms with Crippen LogP contribution in [-0.4, -0.2) is 40.0 Å². The average molecular weight is 466 g/mol. The molecule has 0 aliphatic rings. The van der Waals surface area contributed by atoms with Crippen LogP contribution in [0.1, 0.15) is 110 Å². The minimum absolute atomic E-state index is 0.306. The monoisotopic (exact) mass is 465 g/mol. The summed E-state index contributed by atoms with van der Waals surface area (Å²) >= 11 is 1.81. The van der Waals surface area contributed by atoms with Crippen LogP contribution >= 0.6 is 11.8 Å². The van der Waals surface area contributed by atoms with Gasteiger partial charge in [-0.2, -0.15) is 0 Å². The van der Waals surface area contributed by atoms with E-state index in [2.05, 4.69) is 6.92 Å². The van der Waals surface area contributed by atoms with Gasteiger partial charge in [0, 0.05) is 18.0 Å². The molecule has 0 spiro atoms. The Labute approximate surface area is 201 Å². The highest BCUT2D eigenvalue weighted by Crippen LogP contribution is 2.22. The van der Waals surface area contributed by atoms with Crippen LogP contribution in [0.4, 0.5) is 4.79 Å². The Morgan fingerprint density at radius 2 is 1.16 bits per heavy atom. The van der Waals surface area contributed by atoms with Crippen molar-refractivity contribution in [2.24, 2.45) is 0 Å². The number of thioether (sulfide) groups is 1. The van der Waals surface area contributed by atoms with E-state index in [1.807, 2.05) is 23.9 Å². The molecule has 1 amide bonds. The van der Waals surface area contributed by atoms with Crippen molar-refractivity contribution in [3.8, 4) is 5.75 Å². The van der Waals surface area contributed by atoms with E-state index in [1.54, 1.807) is 17.0 Å². The molecule has 32 heavy (non-hydrogen) atoms. The second-order valence-electron chi connectivity index (χ2n) is 8.92. The Balaban J connectivity index is 1.93. The number of benzene rings is 1. The zero-order chi connectivity index (χ0) is 23.3. The Bertz CT molecular complexity index is 565. The normalized spacial score (nSPS) is 11.0. The minimum Gasteiger partial charge on any atom is -0.508 e. The fraction of sp³-hybridized carbons (Fsp3) is 0.741. The predicted molar refractivity (Wildman–Crippen MR) is 138 cm³/mol. The summed E-state index contributed by atoms with van der Waals surface area (Å²) < 4.78 is 0. The van der Waals surface area contributed by atoms with Crippen LogP contribution in [0.15, 0.2) is 29.2 Å². The molecule has 2 N–H and O–H groups in total. The predicted octanol–water partition coefficient (Wildman–Crippen LogP) is 8.73. The molecule has 0 radical (unpaired) electrons. The first-order chi connectivity index (χ1) is 15.6. The van der Waals surface area contributed by atoms with Crippen molar-refractivity contribution in [3.05, 3.63) is 24.3 Å². The molecule has 0 aromatic heterocycles. The standard InChI is InChI=1S/C27H47NO3S/c1-2-3-4-5-6-7-8-9-10-11-12-15-22-28(27(30)31)23-16-13-14-17-24-32-26-20-18-25(29)19-21-26/h18-21,29H,2-17,22-24H2,1H3,(H,30,31). The number of aromatic hydroxyl groups is 1. The number of rotatable bonds is 21. The van der Waals surface area contributed by atoms with Gasteiger partial charge in [-0.15, -0.1) is 11.8 Å². The Morgan fingerprint density at radius 1 is 0.719 bits per heavy atom. The highest BCUT2D eigenvalue weighted by molar-refractivity contribution is 7.99. The summed E-state index contributed by atoms with van der Waals surface area (Å²) in [6.07, 6.45) is 19.2. The number of nitrogens with zero attached hydrogens (tertiary/aromatic N) is 1. The maximum atomic E-state index is 11.5. The molecule has 4 nitrogen and oxygen atoms in total. The van der Waals surface area contributed by atoms with E-state index >= 15 is 0 Å². The lowest BCUT2D eigenvalue weighted by Crippen LogP contribution is -2.31. The maximum absolute atomic E-state index is 11.5. The third kappa shape index (κ3) is 16.3. The van der Waals surface area contributed by atoms with Crippen molar-refractivity contribution in [2.75, 3.05) is 18.8 Å².